The van der Waals surface area contributed by atoms with Crippen LogP contribution in [0.3, 0.4) is 0 Å². The van der Waals surface area contributed by atoms with E-state index in [2.05, 4.69) is 22.0 Å². The van der Waals surface area contributed by atoms with Crippen LogP contribution in [0.5, 0.6) is 0 Å². The second-order valence-corrected chi connectivity index (χ2v) is 6.81. The van der Waals surface area contributed by atoms with Gasteiger partial charge in [-0.3, -0.25) is 9.59 Å². The number of aryl methyl sites for hydroxylation is 2. The van der Waals surface area contributed by atoms with Crippen LogP contribution in [0.15, 0.2) is 60.8 Å². The molecule has 5 nitrogen and oxygen atoms in total. The van der Waals surface area contributed by atoms with Crippen molar-refractivity contribution in [2.45, 2.75) is 19.3 Å². The number of amides is 1. The van der Waals surface area contributed by atoms with Crippen LogP contribution in [0, 0.1) is 5.92 Å². The SMILES string of the molecule is Cn1cc(CCC(=O)NCC(Cc2ccccc2)C(=O)O)c2ccccc21. The van der Waals surface area contributed by atoms with Gasteiger partial charge in [-0.05, 0) is 30.0 Å². The van der Waals surface area contributed by atoms with E-state index in [1.807, 2.05) is 55.7 Å². The number of aromatic nitrogens is 1. The lowest BCUT2D eigenvalue weighted by Crippen LogP contribution is -2.34. The van der Waals surface area contributed by atoms with Crippen molar-refractivity contribution in [3.8, 4) is 0 Å². The maximum Gasteiger partial charge on any atom is 0.308 e. The number of fused-ring (bicyclic) bond motifs is 1. The fourth-order valence-electron chi connectivity index (χ4n) is 3.34. The van der Waals surface area contributed by atoms with Crippen LogP contribution in [0.1, 0.15) is 17.5 Å². The second kappa shape index (κ2) is 8.54. The highest BCUT2D eigenvalue weighted by atomic mass is 16.4. The lowest BCUT2D eigenvalue weighted by atomic mass is 9.99. The number of nitrogens with zero attached hydrogens (tertiary/aromatic N) is 1. The molecule has 1 aromatic heterocycles. The number of hydrogen-bond donors (Lipinski definition) is 2. The van der Waals surface area contributed by atoms with Gasteiger partial charge in [-0.2, -0.15) is 0 Å². The quantitative estimate of drug-likeness (QED) is 0.645. The molecule has 0 bridgehead atoms. The zero-order valence-corrected chi connectivity index (χ0v) is 15.4. The lowest BCUT2D eigenvalue weighted by Gasteiger charge is -2.13. The summed E-state index contributed by atoms with van der Waals surface area (Å²) in [6.07, 6.45) is 3.42. The zero-order chi connectivity index (χ0) is 19.2. The molecular formula is C22H24N2O3. The van der Waals surface area contributed by atoms with Crippen molar-refractivity contribution in [3.05, 3.63) is 71.9 Å². The van der Waals surface area contributed by atoms with E-state index in [1.54, 1.807) is 0 Å². The smallest absolute Gasteiger partial charge is 0.308 e. The highest BCUT2D eigenvalue weighted by Gasteiger charge is 2.19. The Bertz CT molecular complexity index is 931. The number of para-hydroxylation sites is 1. The van der Waals surface area contributed by atoms with Crippen molar-refractivity contribution in [3.63, 3.8) is 0 Å². The molecule has 5 heteroatoms. The minimum Gasteiger partial charge on any atom is -0.481 e. The van der Waals surface area contributed by atoms with Crippen LogP contribution in [-0.4, -0.2) is 28.1 Å². The Morgan fingerprint density at radius 2 is 1.78 bits per heavy atom. The van der Waals surface area contributed by atoms with E-state index in [9.17, 15) is 14.7 Å². The summed E-state index contributed by atoms with van der Waals surface area (Å²) in [5, 5.41) is 13.4. The molecule has 1 unspecified atom stereocenters. The van der Waals surface area contributed by atoms with E-state index in [-0.39, 0.29) is 12.5 Å². The molecule has 1 atom stereocenters. The number of carboxylic acids is 1. The zero-order valence-electron chi connectivity index (χ0n) is 15.4. The summed E-state index contributed by atoms with van der Waals surface area (Å²) < 4.78 is 2.06. The highest BCUT2D eigenvalue weighted by Crippen LogP contribution is 2.21. The molecule has 3 rings (SSSR count). The summed E-state index contributed by atoms with van der Waals surface area (Å²) in [5.41, 5.74) is 3.22. The first-order valence-corrected chi connectivity index (χ1v) is 9.11. The fourth-order valence-corrected chi connectivity index (χ4v) is 3.34. The van der Waals surface area contributed by atoms with Gasteiger partial charge in [-0.15, -0.1) is 0 Å². The van der Waals surface area contributed by atoms with E-state index in [1.165, 1.54) is 0 Å². The predicted octanol–water partition coefficient (Wildman–Crippen LogP) is 3.17. The molecule has 2 N–H and O–H groups in total. The first-order chi connectivity index (χ1) is 13.0. The normalized spacial score (nSPS) is 12.0. The third-order valence-electron chi connectivity index (χ3n) is 4.82. The summed E-state index contributed by atoms with van der Waals surface area (Å²) >= 11 is 0. The maximum atomic E-state index is 12.2. The standard InChI is InChI=1S/C22H24N2O3/c1-24-15-17(19-9-5-6-10-20(19)24)11-12-21(25)23-14-18(22(26)27)13-16-7-3-2-4-8-16/h2-10,15,18H,11-14H2,1H3,(H,23,25)(H,26,27). The van der Waals surface area contributed by atoms with Gasteiger partial charge in [0, 0.05) is 37.1 Å². The number of hydrogen-bond acceptors (Lipinski definition) is 2. The van der Waals surface area contributed by atoms with Crippen LogP contribution >= 0.6 is 0 Å². The van der Waals surface area contributed by atoms with Gasteiger partial charge in [0.2, 0.25) is 5.91 Å². The third-order valence-corrected chi connectivity index (χ3v) is 4.82. The molecule has 27 heavy (non-hydrogen) atoms. The van der Waals surface area contributed by atoms with Gasteiger partial charge in [0.15, 0.2) is 0 Å². The number of nitrogens with one attached hydrogen (secondary N) is 1. The van der Waals surface area contributed by atoms with Gasteiger partial charge in [-0.1, -0.05) is 48.5 Å². The van der Waals surface area contributed by atoms with Crippen molar-refractivity contribution in [1.29, 1.82) is 0 Å². The number of carbonyl (C=O) groups excluding carboxylic acids is 1. The van der Waals surface area contributed by atoms with Gasteiger partial charge in [0.25, 0.3) is 0 Å². The number of rotatable bonds is 8. The molecule has 0 spiro atoms. The van der Waals surface area contributed by atoms with Crippen LogP contribution in [0.2, 0.25) is 0 Å². The number of carbonyl (C=O) groups is 2. The largest absolute Gasteiger partial charge is 0.481 e. The van der Waals surface area contributed by atoms with Gasteiger partial charge < -0.3 is 15.0 Å². The first kappa shape index (κ1) is 18.7. The Morgan fingerprint density at radius 3 is 2.52 bits per heavy atom. The fraction of sp³-hybridized carbons (Fsp3) is 0.273. The van der Waals surface area contributed by atoms with Crippen LogP contribution in [0.4, 0.5) is 0 Å². The van der Waals surface area contributed by atoms with Gasteiger partial charge in [0.05, 0.1) is 5.92 Å². The topological polar surface area (TPSA) is 71.3 Å². The van der Waals surface area contributed by atoms with Gasteiger partial charge in [0.1, 0.15) is 0 Å². The second-order valence-electron chi connectivity index (χ2n) is 6.81. The average molecular weight is 364 g/mol. The Kier molecular flexibility index (Phi) is 5.91. The molecule has 0 saturated heterocycles. The van der Waals surface area contributed by atoms with E-state index in [0.717, 1.165) is 22.0 Å². The molecule has 0 aliphatic heterocycles. The van der Waals surface area contributed by atoms with E-state index < -0.39 is 11.9 Å². The molecule has 0 saturated carbocycles. The molecule has 3 aromatic rings. The maximum absolute atomic E-state index is 12.2. The molecular weight excluding hydrogens is 340 g/mol. The molecule has 2 aromatic carbocycles. The third kappa shape index (κ3) is 4.76. The minimum atomic E-state index is -0.895. The summed E-state index contributed by atoms with van der Waals surface area (Å²) in [6, 6.07) is 17.6. The number of carboxylic acid groups (broad SMARTS) is 1. The molecule has 0 fully saturated rings. The van der Waals surface area contributed by atoms with Crippen molar-refractivity contribution in [1.82, 2.24) is 9.88 Å². The molecule has 0 aliphatic carbocycles. The average Bonchev–Trinajstić information content (AvgIpc) is 3.00. The monoisotopic (exact) mass is 364 g/mol. The molecule has 0 aliphatic rings. The van der Waals surface area contributed by atoms with Gasteiger partial charge >= 0.3 is 5.97 Å². The van der Waals surface area contributed by atoms with E-state index in [0.29, 0.717) is 19.3 Å². The van der Waals surface area contributed by atoms with E-state index in [4.69, 9.17) is 0 Å². The molecule has 1 heterocycles. The lowest BCUT2D eigenvalue weighted by molar-refractivity contribution is -0.141. The van der Waals surface area contributed by atoms with Crippen molar-refractivity contribution in [2.24, 2.45) is 13.0 Å². The van der Waals surface area contributed by atoms with Crippen molar-refractivity contribution >= 4 is 22.8 Å². The summed E-state index contributed by atoms with van der Waals surface area (Å²) in [4.78, 5) is 23.7. The Labute approximate surface area is 158 Å². The summed E-state index contributed by atoms with van der Waals surface area (Å²) in [5.74, 6) is -1.65. The molecule has 140 valence electrons. The molecule has 1 amide bonds. The summed E-state index contributed by atoms with van der Waals surface area (Å²) in [7, 11) is 1.99. The minimum absolute atomic E-state index is 0.123. The Balaban J connectivity index is 1.54. The molecule has 0 radical (unpaired) electrons. The first-order valence-electron chi connectivity index (χ1n) is 9.11. The highest BCUT2D eigenvalue weighted by molar-refractivity contribution is 5.85. The van der Waals surface area contributed by atoms with Crippen molar-refractivity contribution in [2.75, 3.05) is 6.54 Å². The van der Waals surface area contributed by atoms with E-state index >= 15 is 0 Å². The number of benzene rings is 2. The van der Waals surface area contributed by atoms with Crippen LogP contribution < -0.4 is 5.32 Å². The predicted molar refractivity (Wildman–Crippen MR) is 106 cm³/mol. The Morgan fingerprint density at radius 1 is 1.07 bits per heavy atom. The number of aliphatic carboxylic acids is 1. The van der Waals surface area contributed by atoms with Gasteiger partial charge in [-0.25, -0.2) is 0 Å². The van der Waals surface area contributed by atoms with Crippen LogP contribution in [-0.2, 0) is 29.5 Å². The summed E-state index contributed by atoms with van der Waals surface area (Å²) in [6.45, 7) is 0.137. The van der Waals surface area contributed by atoms with Crippen molar-refractivity contribution < 1.29 is 14.7 Å². The van der Waals surface area contributed by atoms with Crippen LogP contribution in [0.25, 0.3) is 10.9 Å². The Hall–Kier alpha value is -3.08.